The van der Waals surface area contributed by atoms with Gasteiger partial charge >= 0.3 is 0 Å². The second-order valence-electron chi connectivity index (χ2n) is 5.94. The smallest absolute Gasteiger partial charge is 0.0758 e. The zero-order valence-corrected chi connectivity index (χ0v) is 14.2. The first-order valence-electron chi connectivity index (χ1n) is 8.21. The third kappa shape index (κ3) is 6.48. The lowest BCUT2D eigenvalue weighted by Crippen LogP contribution is -2.44. The fourth-order valence-corrected chi connectivity index (χ4v) is 3.27. The quantitative estimate of drug-likeness (QED) is 0.337. The van der Waals surface area contributed by atoms with Gasteiger partial charge in [0, 0.05) is 0 Å². The SMILES string of the molecule is C=CCC(CC=C)(CCC)OC(CC=C)(CC=C)CCC. The molecular weight excluding hydrogens is 256 g/mol. The molecule has 21 heavy (non-hydrogen) atoms. The number of ether oxygens (including phenoxy) is 1. The van der Waals surface area contributed by atoms with Gasteiger partial charge in [-0.3, -0.25) is 0 Å². The van der Waals surface area contributed by atoms with Crippen LogP contribution in [0.5, 0.6) is 0 Å². The Morgan fingerprint density at radius 2 is 0.952 bits per heavy atom. The Kier molecular flexibility index (Phi) is 10.1. The molecule has 0 spiro atoms. The molecule has 0 aromatic carbocycles. The summed E-state index contributed by atoms with van der Waals surface area (Å²) in [6.07, 6.45) is 15.5. The van der Waals surface area contributed by atoms with E-state index in [1.54, 1.807) is 0 Å². The summed E-state index contributed by atoms with van der Waals surface area (Å²) in [5.74, 6) is 0. The molecule has 1 nitrogen and oxygen atoms in total. The highest BCUT2D eigenvalue weighted by Crippen LogP contribution is 2.38. The first kappa shape index (κ1) is 19.9. The zero-order chi connectivity index (χ0) is 16.2. The molecule has 0 aromatic rings. The van der Waals surface area contributed by atoms with Crippen LogP contribution in [0.25, 0.3) is 0 Å². The van der Waals surface area contributed by atoms with Crippen molar-refractivity contribution in [3.8, 4) is 0 Å². The van der Waals surface area contributed by atoms with Crippen molar-refractivity contribution in [3.05, 3.63) is 50.6 Å². The maximum atomic E-state index is 6.78. The molecule has 0 radical (unpaired) electrons. The number of hydrogen-bond acceptors (Lipinski definition) is 1. The van der Waals surface area contributed by atoms with Gasteiger partial charge in [0.2, 0.25) is 0 Å². The van der Waals surface area contributed by atoms with E-state index < -0.39 is 0 Å². The van der Waals surface area contributed by atoms with Crippen molar-refractivity contribution < 1.29 is 4.74 Å². The first-order chi connectivity index (χ1) is 10.1. The van der Waals surface area contributed by atoms with Gasteiger partial charge in [-0.1, -0.05) is 51.0 Å². The van der Waals surface area contributed by atoms with Crippen LogP contribution in [0, 0.1) is 0 Å². The van der Waals surface area contributed by atoms with E-state index >= 15 is 0 Å². The van der Waals surface area contributed by atoms with E-state index in [0.29, 0.717) is 0 Å². The normalized spacial score (nSPS) is 11.9. The van der Waals surface area contributed by atoms with Crippen LogP contribution in [0.1, 0.15) is 65.2 Å². The maximum absolute atomic E-state index is 6.78. The largest absolute Gasteiger partial charge is 0.367 e. The molecule has 0 aliphatic carbocycles. The third-order valence-corrected chi connectivity index (χ3v) is 3.91. The Morgan fingerprint density at radius 1 is 0.667 bits per heavy atom. The third-order valence-electron chi connectivity index (χ3n) is 3.91. The summed E-state index contributed by atoms with van der Waals surface area (Å²) in [7, 11) is 0. The monoisotopic (exact) mass is 290 g/mol. The van der Waals surface area contributed by atoms with Gasteiger partial charge in [-0.25, -0.2) is 0 Å². The first-order valence-corrected chi connectivity index (χ1v) is 8.21. The van der Waals surface area contributed by atoms with E-state index in [1.807, 2.05) is 24.3 Å². The second kappa shape index (κ2) is 10.6. The number of hydrogen-bond donors (Lipinski definition) is 0. The predicted octanol–water partition coefficient (Wildman–Crippen LogP) is 6.39. The van der Waals surface area contributed by atoms with Gasteiger partial charge < -0.3 is 4.74 Å². The molecule has 0 aromatic heterocycles. The van der Waals surface area contributed by atoms with E-state index in [9.17, 15) is 0 Å². The highest BCUT2D eigenvalue weighted by atomic mass is 16.5. The Morgan fingerprint density at radius 3 is 1.14 bits per heavy atom. The van der Waals surface area contributed by atoms with Gasteiger partial charge in [0.1, 0.15) is 0 Å². The summed E-state index contributed by atoms with van der Waals surface area (Å²) in [6.45, 7) is 20.1. The summed E-state index contributed by atoms with van der Waals surface area (Å²) in [6, 6.07) is 0. The maximum Gasteiger partial charge on any atom is 0.0758 e. The van der Waals surface area contributed by atoms with Crippen molar-refractivity contribution in [1.29, 1.82) is 0 Å². The molecule has 0 unspecified atom stereocenters. The van der Waals surface area contributed by atoms with Crippen LogP contribution in [-0.4, -0.2) is 11.2 Å². The van der Waals surface area contributed by atoms with E-state index in [1.165, 1.54) is 0 Å². The molecule has 1 heteroatoms. The molecule has 0 fully saturated rings. The summed E-state index contributed by atoms with van der Waals surface area (Å²) < 4.78 is 6.78. The van der Waals surface area contributed by atoms with Crippen LogP contribution in [0.15, 0.2) is 50.6 Å². The van der Waals surface area contributed by atoms with Gasteiger partial charge in [0.25, 0.3) is 0 Å². The lowest BCUT2D eigenvalue weighted by Gasteiger charge is -2.43. The van der Waals surface area contributed by atoms with Crippen molar-refractivity contribution >= 4 is 0 Å². The molecule has 120 valence electrons. The molecule has 0 N–H and O–H groups in total. The summed E-state index contributed by atoms with van der Waals surface area (Å²) in [5.41, 5.74) is -0.390. The van der Waals surface area contributed by atoms with Crippen LogP contribution in [0.4, 0.5) is 0 Å². The average Bonchev–Trinajstić information content (AvgIpc) is 2.40. The van der Waals surface area contributed by atoms with Crippen molar-refractivity contribution in [3.63, 3.8) is 0 Å². The fourth-order valence-electron chi connectivity index (χ4n) is 3.27. The number of rotatable bonds is 14. The minimum Gasteiger partial charge on any atom is -0.367 e. The van der Waals surface area contributed by atoms with Crippen molar-refractivity contribution in [2.45, 2.75) is 76.4 Å². The van der Waals surface area contributed by atoms with E-state index in [0.717, 1.165) is 51.4 Å². The fraction of sp³-hybridized carbons (Fsp3) is 0.600. The van der Waals surface area contributed by atoms with Crippen LogP contribution in [-0.2, 0) is 4.74 Å². The van der Waals surface area contributed by atoms with Crippen LogP contribution >= 0.6 is 0 Å². The highest BCUT2D eigenvalue weighted by Gasteiger charge is 2.38. The summed E-state index contributed by atoms with van der Waals surface area (Å²) >= 11 is 0. The highest BCUT2D eigenvalue weighted by molar-refractivity contribution is 5.00. The minimum atomic E-state index is -0.195. The Balaban J connectivity index is 5.50. The molecule has 0 aliphatic rings. The van der Waals surface area contributed by atoms with Crippen molar-refractivity contribution in [2.75, 3.05) is 0 Å². The minimum absolute atomic E-state index is 0.195. The molecule has 0 heterocycles. The Bertz CT molecular complexity index is 275. The second-order valence-corrected chi connectivity index (χ2v) is 5.94. The lowest BCUT2D eigenvalue weighted by atomic mass is 9.84. The lowest BCUT2D eigenvalue weighted by molar-refractivity contribution is -0.160. The van der Waals surface area contributed by atoms with Crippen LogP contribution < -0.4 is 0 Å². The molecule has 0 saturated heterocycles. The zero-order valence-electron chi connectivity index (χ0n) is 14.2. The average molecular weight is 290 g/mol. The van der Waals surface area contributed by atoms with Gasteiger partial charge in [0.05, 0.1) is 11.2 Å². The van der Waals surface area contributed by atoms with Crippen LogP contribution in [0.2, 0.25) is 0 Å². The van der Waals surface area contributed by atoms with Crippen molar-refractivity contribution in [2.24, 2.45) is 0 Å². The van der Waals surface area contributed by atoms with Gasteiger partial charge in [-0.15, -0.1) is 26.3 Å². The van der Waals surface area contributed by atoms with Gasteiger partial charge in [-0.05, 0) is 38.5 Å². The van der Waals surface area contributed by atoms with E-state index in [2.05, 4.69) is 40.2 Å². The topological polar surface area (TPSA) is 9.23 Å². The standard InChI is InChI=1S/C20H34O/c1-7-13-19(14-8-2,15-9-3)21-20(16-10-4,17-11-5)18-12-6/h7-8,10-11H,1-2,4-5,9,12-18H2,3,6H3. The Hall–Kier alpha value is -1.08. The molecular formula is C20H34O. The van der Waals surface area contributed by atoms with Crippen LogP contribution in [0.3, 0.4) is 0 Å². The summed E-state index contributed by atoms with van der Waals surface area (Å²) in [4.78, 5) is 0. The molecule has 0 rings (SSSR count). The van der Waals surface area contributed by atoms with Gasteiger partial charge in [-0.2, -0.15) is 0 Å². The van der Waals surface area contributed by atoms with Gasteiger partial charge in [0.15, 0.2) is 0 Å². The summed E-state index contributed by atoms with van der Waals surface area (Å²) in [5, 5.41) is 0. The van der Waals surface area contributed by atoms with E-state index in [-0.39, 0.29) is 11.2 Å². The predicted molar refractivity (Wildman–Crippen MR) is 95.6 cm³/mol. The van der Waals surface area contributed by atoms with E-state index in [4.69, 9.17) is 4.74 Å². The molecule has 0 bridgehead atoms. The van der Waals surface area contributed by atoms with Crippen molar-refractivity contribution in [1.82, 2.24) is 0 Å². The molecule has 0 amide bonds. The molecule has 0 aliphatic heterocycles. The molecule has 0 saturated carbocycles. The Labute approximate surface area is 132 Å². The molecule has 0 atom stereocenters.